The topological polar surface area (TPSA) is 566 Å². The number of hydrogen-bond acceptors (Lipinski definition) is 30. The number of amides is 10. The van der Waals surface area contributed by atoms with Crippen LogP contribution in [0.4, 0.5) is 5.69 Å². The molecular formula is C89H115N13O27. The van der Waals surface area contributed by atoms with E-state index >= 15 is 9.59 Å². The number of carbonyl (C=O) groups is 15. The highest BCUT2D eigenvalue weighted by Gasteiger charge is 2.53. The average molecular weight is 1800 g/mol. The number of ether oxygens (including phenoxy) is 5. The minimum Gasteiger partial charge on any atom is -0.507 e. The van der Waals surface area contributed by atoms with Gasteiger partial charge in [0.1, 0.15) is 101 Å². The number of aliphatic hydroxyl groups is 3. The highest BCUT2D eigenvalue weighted by molar-refractivity contribution is 6.31. The molecule has 6 aliphatic heterocycles. The van der Waals surface area contributed by atoms with E-state index in [1.54, 1.807) is 69.2 Å². The number of ketones is 3. The first-order chi connectivity index (χ1) is 60.5. The van der Waals surface area contributed by atoms with Gasteiger partial charge in [0.15, 0.2) is 29.2 Å². The Labute approximate surface area is 743 Å². The number of anilines is 1. The third-order valence-electron chi connectivity index (χ3n) is 25.3. The number of hydrogen-bond donors (Lipinski definition) is 11. The number of aliphatic hydroxyl groups excluding tert-OH is 2. The molecule has 0 saturated carbocycles. The van der Waals surface area contributed by atoms with E-state index in [2.05, 4.69) is 21.3 Å². The van der Waals surface area contributed by atoms with Crippen molar-refractivity contribution in [1.82, 2.24) is 55.7 Å². The number of aryl methyl sites for hydroxylation is 1. The number of nitrogens with two attached hydrogens (primary N) is 2. The van der Waals surface area contributed by atoms with E-state index in [-0.39, 0.29) is 88.3 Å². The van der Waals surface area contributed by atoms with E-state index in [4.69, 9.17) is 44.6 Å². The normalized spacial score (nSPS) is 27.3. The zero-order valence-corrected chi connectivity index (χ0v) is 75.3. The van der Waals surface area contributed by atoms with Gasteiger partial charge in [0.25, 0.3) is 11.8 Å². The van der Waals surface area contributed by atoms with Gasteiger partial charge in [-0.1, -0.05) is 73.6 Å². The number of rotatable bonds is 13. The number of cyclic esters (lactones) is 2. The maximum absolute atomic E-state index is 15.2. The molecular weight excluding hydrogens is 1680 g/mol. The molecule has 698 valence electrons. The van der Waals surface area contributed by atoms with Crippen molar-refractivity contribution >= 4 is 105 Å². The van der Waals surface area contributed by atoms with Crippen LogP contribution in [0.1, 0.15) is 196 Å². The first-order valence-corrected chi connectivity index (χ1v) is 42.9. The lowest BCUT2D eigenvalue weighted by molar-refractivity contribution is -0.247. The molecule has 12 rings (SSSR count). The van der Waals surface area contributed by atoms with E-state index in [9.17, 15) is 92.7 Å². The van der Waals surface area contributed by atoms with Crippen LogP contribution in [-0.4, -0.2) is 307 Å². The van der Waals surface area contributed by atoms with Gasteiger partial charge in [0.2, 0.25) is 58.5 Å². The van der Waals surface area contributed by atoms with Crippen molar-refractivity contribution in [2.24, 2.45) is 29.4 Å². The second-order valence-corrected chi connectivity index (χ2v) is 35.7. The molecule has 9 aliphatic rings. The Balaban J connectivity index is 0.000000340. The number of aromatic hydroxyl groups is 2. The highest BCUT2D eigenvalue weighted by Crippen LogP contribution is 2.53. The fraction of sp³-hybridized carbons (Fsp3) is 0.562. The summed E-state index contributed by atoms with van der Waals surface area (Å²) in [6.45, 7) is 18.9. The van der Waals surface area contributed by atoms with E-state index in [0.717, 1.165) is 9.80 Å². The lowest BCUT2D eigenvalue weighted by Crippen LogP contribution is -2.61. The highest BCUT2D eigenvalue weighted by atomic mass is 16.7. The number of nitrogen functional groups attached to an aromatic ring is 1. The zero-order valence-electron chi connectivity index (χ0n) is 75.3. The Kier molecular flexibility index (Phi) is 29.2. The number of fused-ring (bicyclic) bond motifs is 7. The predicted molar refractivity (Wildman–Crippen MR) is 457 cm³/mol. The van der Waals surface area contributed by atoms with Crippen molar-refractivity contribution in [3.63, 3.8) is 0 Å². The lowest BCUT2D eigenvalue weighted by atomic mass is 9.72. The van der Waals surface area contributed by atoms with E-state index in [1.807, 2.05) is 0 Å². The average Bonchev–Trinajstić information content (AvgIpc) is 1.61. The molecule has 3 aromatic carbocycles. The Hall–Kier alpha value is -12.1. The molecule has 0 unspecified atom stereocenters. The number of benzene rings is 4. The molecule has 10 amide bonds. The van der Waals surface area contributed by atoms with Gasteiger partial charge in [-0.25, -0.2) is 14.6 Å². The fourth-order valence-electron chi connectivity index (χ4n) is 18.0. The van der Waals surface area contributed by atoms with Crippen molar-refractivity contribution in [3.05, 3.63) is 96.2 Å². The summed E-state index contributed by atoms with van der Waals surface area (Å²) in [5.41, 5.74) is 5.94. The Morgan fingerprint density at radius 3 is 1.65 bits per heavy atom. The van der Waals surface area contributed by atoms with Gasteiger partial charge in [-0.05, 0) is 102 Å². The molecule has 129 heavy (non-hydrogen) atoms. The van der Waals surface area contributed by atoms with Crippen LogP contribution in [0.3, 0.4) is 0 Å². The van der Waals surface area contributed by atoms with Crippen LogP contribution in [0, 0.1) is 37.5 Å². The molecule has 0 aromatic heterocycles. The van der Waals surface area contributed by atoms with E-state index in [1.165, 1.54) is 106 Å². The second-order valence-electron chi connectivity index (χ2n) is 35.7. The number of nitrogens with one attached hydrogen (secondary N) is 4. The number of esters is 2. The van der Waals surface area contributed by atoms with Crippen LogP contribution in [0.5, 0.6) is 17.2 Å². The van der Waals surface area contributed by atoms with E-state index < -0.39 is 286 Å². The molecule has 0 spiro atoms. The van der Waals surface area contributed by atoms with Gasteiger partial charge < -0.3 is 116 Å². The summed E-state index contributed by atoms with van der Waals surface area (Å²) in [5.74, 6) is -16.1. The Bertz CT molecular complexity index is 5390. The molecule has 5 fully saturated rings. The zero-order chi connectivity index (χ0) is 95.4. The van der Waals surface area contributed by atoms with Crippen molar-refractivity contribution in [3.8, 4) is 28.7 Å². The summed E-state index contributed by atoms with van der Waals surface area (Å²) in [7, 11) is 6.91. The largest absolute Gasteiger partial charge is 0.507 e. The number of phenols is 2. The number of carbonyl (C=O) groups excluding carboxylic acids is 15. The number of phenolic OH excluding ortho intramolecular Hbond substituents is 2. The summed E-state index contributed by atoms with van der Waals surface area (Å²) in [4.78, 5) is 239. The van der Waals surface area contributed by atoms with Crippen LogP contribution >= 0.6 is 0 Å². The fourth-order valence-corrected chi connectivity index (χ4v) is 18.0. The SMILES string of the molecule is COc1cccc2c1C(=O)c1c(O)c3c(c(O)c1C2=O)C[C@@](O)(C(=O)CO)C[C@@H]3O[C@H]1C[C@H](N)[C@H](O)[C@H](C)O1.Cc1c2oc3c(C)ccc(C(=O)N[C@@H]4C(=O)N[C@H](C(C)C)C(=O)N5CCC[C@H]5C(=O)N(C)CC(=O)N(C)[C@@H](C(C)C)C(=O)O[C@@H]4C)c3nc-2c(C(=O)N[C@@H]2C(=O)N[C@H](C(C)C)C(=O)N3CCC[C@H]3C(=O)N(C)CC(=O)N(C)[C@@H](C(C)C)C(=O)O[C@@H]2C)c(N)c1=O. The molecule has 3 aromatic rings. The molecule has 0 bridgehead atoms. The van der Waals surface area contributed by atoms with Gasteiger partial charge in [-0.3, -0.25) is 67.1 Å². The molecule has 0 radical (unpaired) electrons. The first kappa shape index (κ1) is 97.5. The predicted octanol–water partition coefficient (Wildman–Crippen LogP) is 0.727. The summed E-state index contributed by atoms with van der Waals surface area (Å²) in [6, 6.07) is -4.27. The molecule has 13 N–H and O–H groups in total. The van der Waals surface area contributed by atoms with Crippen molar-refractivity contribution in [1.29, 1.82) is 0 Å². The van der Waals surface area contributed by atoms with Crippen molar-refractivity contribution in [2.45, 2.75) is 232 Å². The lowest BCUT2D eigenvalue weighted by Gasteiger charge is -2.42. The number of nitrogens with zero attached hydrogens (tertiary/aromatic N) is 7. The number of Topliss-reactive ketones (excluding diaryl/α,β-unsaturated/α-hetero) is 1. The number of methoxy groups -OCH3 is 1. The molecule has 16 atom stereocenters. The molecule has 40 heteroatoms. The maximum atomic E-state index is 15.2. The van der Waals surface area contributed by atoms with Gasteiger partial charge in [0.05, 0.1) is 72.0 Å². The number of likely N-dealkylation sites (N-methyl/N-ethyl adjacent to an activating group) is 4. The smallest absolute Gasteiger partial charge is 0.329 e. The van der Waals surface area contributed by atoms with Crippen molar-refractivity contribution in [2.75, 3.05) is 73.8 Å². The minimum absolute atomic E-state index is 0.0173. The van der Waals surface area contributed by atoms with Crippen LogP contribution in [-0.2, 0) is 78.1 Å². The molecule has 5 saturated heterocycles. The summed E-state index contributed by atoms with van der Waals surface area (Å²) in [5, 5.41) is 64.4. The van der Waals surface area contributed by atoms with E-state index in [0.29, 0.717) is 18.4 Å². The van der Waals surface area contributed by atoms with Crippen molar-refractivity contribution < 1.29 is 126 Å². The third-order valence-corrected chi connectivity index (χ3v) is 25.3. The standard InChI is InChI=1S/C62H86N12O16.C27H29NO11/c1-27(2)42-59(84)73-23-17-19-36(73)57(82)69(13)25-38(75)71(15)48(29(5)6)61(86)88-33(11)44(55(80)65-42)67-53(78)35-22-21-31(9)51-46(35)64-47-40(41(63)50(77)32(10)52(47)90-51)54(79)68-45-34(12)89-62(87)49(30(7)8)72(16)39(76)26-70(14)58(83)37-20-18-24-74(37)60(85)43(28(3)4)66-56(45)81;1-10-22(31)13(28)6-17(38-10)39-15-8-27(36,16(30)9-29)7-12-19(15)26(35)21-20(24(12)33)23(32)11-4-3-5-14(37-2)18(11)25(21)34/h21-22,27-30,33-34,36-37,42-45,48-49H,17-20,23-26,63H2,1-16H3,(H,65,80)(H,66,81)(H,67,78)(H,68,79);3-5,10,13,15,17,22,29,31,33,35-36H,6-9,28H2,1-2H3/t33-,34-,36+,37+,42-,43-,44+,45+,48+,49+;10-,13-,15-,17-,22+,27-/m10/s1. The van der Waals surface area contributed by atoms with Gasteiger partial charge in [-0.15, -0.1) is 0 Å². The summed E-state index contributed by atoms with van der Waals surface area (Å²) >= 11 is 0. The second kappa shape index (κ2) is 38.7. The van der Waals surface area contributed by atoms with Gasteiger partial charge >= 0.3 is 11.9 Å². The quantitative estimate of drug-likeness (QED) is 0.0328. The summed E-state index contributed by atoms with van der Waals surface area (Å²) < 4.78 is 35.3. The van der Waals surface area contributed by atoms with Crippen LogP contribution in [0.15, 0.2) is 39.5 Å². The maximum Gasteiger partial charge on any atom is 0.329 e. The van der Waals surface area contributed by atoms with Crippen LogP contribution in [0.25, 0.3) is 22.6 Å². The van der Waals surface area contributed by atoms with Crippen LogP contribution < -0.4 is 42.9 Å². The van der Waals surface area contributed by atoms with Crippen LogP contribution in [0.2, 0.25) is 0 Å². The molecule has 6 heterocycles. The Morgan fingerprint density at radius 2 is 1.17 bits per heavy atom. The summed E-state index contributed by atoms with van der Waals surface area (Å²) in [6.07, 6.45) is -6.77. The monoisotopic (exact) mass is 1800 g/mol. The number of aromatic nitrogens is 1. The molecule has 40 nitrogen and oxygen atoms in total. The van der Waals surface area contributed by atoms with Gasteiger partial charge in [-0.2, -0.15) is 0 Å². The van der Waals surface area contributed by atoms with Gasteiger partial charge in [0, 0.05) is 88.8 Å². The Morgan fingerprint density at radius 1 is 0.667 bits per heavy atom. The molecule has 3 aliphatic carbocycles. The third kappa shape index (κ3) is 18.8. The minimum atomic E-state index is -2.24. The first-order valence-electron chi connectivity index (χ1n) is 42.9.